The third kappa shape index (κ3) is 3.18. The first-order chi connectivity index (χ1) is 21.2. The number of furan rings is 1. The van der Waals surface area contributed by atoms with Crippen LogP contribution in [0.2, 0.25) is 0 Å². The van der Waals surface area contributed by atoms with E-state index in [9.17, 15) is 10.5 Å². The summed E-state index contributed by atoms with van der Waals surface area (Å²) in [7, 11) is 0. The van der Waals surface area contributed by atoms with E-state index in [1.807, 2.05) is 91.0 Å². The van der Waals surface area contributed by atoms with Crippen LogP contribution in [-0.2, 0) is 0 Å². The number of hydrogen-bond acceptors (Lipinski definition) is 4. The maximum atomic E-state index is 9.72. The highest BCUT2D eigenvalue weighted by molar-refractivity contribution is 6.24. The fraction of sp³-hybridized carbons (Fsp3) is 0. The van der Waals surface area contributed by atoms with E-state index in [1.54, 1.807) is 0 Å². The van der Waals surface area contributed by atoms with E-state index in [4.69, 9.17) is 9.40 Å². The number of fused-ring (bicyclic) bond motifs is 10. The molecule has 4 aromatic heterocycles. The Morgan fingerprint density at radius 3 is 1.91 bits per heavy atom. The highest BCUT2D eigenvalue weighted by atomic mass is 16.3. The second-order valence-corrected chi connectivity index (χ2v) is 10.7. The van der Waals surface area contributed by atoms with Gasteiger partial charge < -0.3 is 4.42 Å². The van der Waals surface area contributed by atoms with Gasteiger partial charge in [0.1, 0.15) is 22.8 Å². The molecule has 4 heterocycles. The zero-order chi connectivity index (χ0) is 28.7. The summed E-state index contributed by atoms with van der Waals surface area (Å²) in [4.78, 5) is 5.28. The van der Waals surface area contributed by atoms with Crippen LogP contribution in [0.15, 0.2) is 120 Å². The fourth-order valence-electron chi connectivity index (χ4n) is 6.57. The largest absolute Gasteiger partial charge is 0.456 e. The highest BCUT2D eigenvalue weighted by Crippen LogP contribution is 2.41. The molecule has 0 saturated heterocycles. The molecule has 0 saturated carbocycles. The lowest BCUT2D eigenvalue weighted by Crippen LogP contribution is -2.03. The lowest BCUT2D eigenvalue weighted by molar-refractivity contribution is 0.669. The summed E-state index contributed by atoms with van der Waals surface area (Å²) >= 11 is 0. The molecule has 0 spiro atoms. The first-order valence-corrected chi connectivity index (χ1v) is 13.9. The molecule has 5 aromatic carbocycles. The van der Waals surface area contributed by atoms with Crippen molar-refractivity contribution in [3.63, 3.8) is 0 Å². The van der Waals surface area contributed by atoms with E-state index >= 15 is 0 Å². The van der Waals surface area contributed by atoms with Crippen LogP contribution in [-0.4, -0.2) is 14.1 Å². The zero-order valence-electron chi connectivity index (χ0n) is 22.6. The summed E-state index contributed by atoms with van der Waals surface area (Å²) in [5.41, 5.74) is 6.78. The Balaban J connectivity index is 1.40. The Labute approximate surface area is 244 Å². The summed E-state index contributed by atoms with van der Waals surface area (Å²) in [6.45, 7) is 0. The molecule has 0 aliphatic heterocycles. The summed E-state index contributed by atoms with van der Waals surface area (Å²) in [5, 5.41) is 25.4. The number of benzene rings is 5. The minimum atomic E-state index is 0.604. The number of rotatable bonds is 2. The summed E-state index contributed by atoms with van der Waals surface area (Å²) in [6.07, 6.45) is 0. The van der Waals surface area contributed by atoms with Crippen molar-refractivity contribution in [2.24, 2.45) is 0 Å². The molecule has 0 radical (unpaired) electrons. The SMILES string of the molecule is N#Cc1ccc2c(c1)c1ccccc1n2-c1cccc(-n2c3ccc(C#N)cc3c3ccc4oc5ccccc5c4c32)n1. The zero-order valence-corrected chi connectivity index (χ0v) is 22.6. The molecule has 9 aromatic rings. The normalized spacial score (nSPS) is 11.7. The maximum absolute atomic E-state index is 9.72. The number of hydrogen-bond donors (Lipinski definition) is 0. The Kier molecular flexibility index (Phi) is 4.65. The van der Waals surface area contributed by atoms with Crippen molar-refractivity contribution in [3.8, 4) is 23.8 Å². The monoisotopic (exact) mass is 549 g/mol. The molecule has 0 bridgehead atoms. The summed E-state index contributed by atoms with van der Waals surface area (Å²) in [6, 6.07) is 42.6. The van der Waals surface area contributed by atoms with Crippen LogP contribution in [0.4, 0.5) is 0 Å². The number of para-hydroxylation sites is 2. The van der Waals surface area contributed by atoms with E-state index in [1.165, 1.54) is 0 Å². The van der Waals surface area contributed by atoms with Crippen LogP contribution in [0.25, 0.3) is 77.2 Å². The molecule has 6 heteroatoms. The van der Waals surface area contributed by atoms with Crippen LogP contribution in [0.5, 0.6) is 0 Å². The topological polar surface area (TPSA) is 83.5 Å². The average molecular weight is 550 g/mol. The lowest BCUT2D eigenvalue weighted by Gasteiger charge is -2.12. The molecule has 43 heavy (non-hydrogen) atoms. The van der Waals surface area contributed by atoms with Gasteiger partial charge in [-0.2, -0.15) is 10.5 Å². The quantitative estimate of drug-likeness (QED) is 0.215. The van der Waals surface area contributed by atoms with Gasteiger partial charge in [-0.1, -0.05) is 42.5 Å². The molecular weight excluding hydrogens is 530 g/mol. The van der Waals surface area contributed by atoms with E-state index < -0.39 is 0 Å². The first kappa shape index (κ1) is 23.3. The van der Waals surface area contributed by atoms with Gasteiger partial charge in [0.15, 0.2) is 0 Å². The molecule has 9 rings (SSSR count). The van der Waals surface area contributed by atoms with Crippen LogP contribution in [0.1, 0.15) is 11.1 Å². The van der Waals surface area contributed by atoms with Crippen molar-refractivity contribution in [1.29, 1.82) is 10.5 Å². The standard InChI is InChI=1S/C37H19N5O/c38-20-22-12-15-30-27(18-22)24-6-1-3-8-29(24)41(30)34-10-5-11-35(40-34)42-31-16-13-23(21-39)19-28(31)25-14-17-33-36(37(25)42)26-7-2-4-9-32(26)43-33/h1-19H. The second-order valence-electron chi connectivity index (χ2n) is 10.7. The second kappa shape index (κ2) is 8.57. The molecule has 0 aliphatic carbocycles. The van der Waals surface area contributed by atoms with E-state index in [-0.39, 0.29) is 0 Å². The maximum Gasteiger partial charge on any atom is 0.140 e. The molecule has 0 amide bonds. The number of pyridine rings is 1. The van der Waals surface area contributed by atoms with Crippen LogP contribution < -0.4 is 0 Å². The Morgan fingerprint density at radius 2 is 1.14 bits per heavy atom. The molecule has 0 N–H and O–H groups in total. The average Bonchev–Trinajstić information content (AvgIpc) is 3.71. The predicted molar refractivity (Wildman–Crippen MR) is 170 cm³/mol. The van der Waals surface area contributed by atoms with Gasteiger partial charge in [0.05, 0.1) is 50.7 Å². The van der Waals surface area contributed by atoms with E-state index in [2.05, 4.69) is 45.5 Å². The minimum Gasteiger partial charge on any atom is -0.456 e. The van der Waals surface area contributed by atoms with Crippen LogP contribution in [0.3, 0.4) is 0 Å². The Morgan fingerprint density at radius 1 is 0.512 bits per heavy atom. The van der Waals surface area contributed by atoms with Crippen molar-refractivity contribution in [1.82, 2.24) is 14.1 Å². The minimum absolute atomic E-state index is 0.604. The van der Waals surface area contributed by atoms with Crippen molar-refractivity contribution in [3.05, 3.63) is 126 Å². The number of nitriles is 2. The molecule has 0 fully saturated rings. The van der Waals surface area contributed by atoms with Gasteiger partial charge in [0.25, 0.3) is 0 Å². The van der Waals surface area contributed by atoms with Crippen molar-refractivity contribution >= 4 is 65.6 Å². The van der Waals surface area contributed by atoms with Gasteiger partial charge in [0, 0.05) is 26.9 Å². The van der Waals surface area contributed by atoms with Crippen molar-refractivity contribution < 1.29 is 4.42 Å². The number of aromatic nitrogens is 3. The van der Waals surface area contributed by atoms with Gasteiger partial charge in [0.2, 0.25) is 0 Å². The lowest BCUT2D eigenvalue weighted by atomic mass is 10.1. The summed E-state index contributed by atoms with van der Waals surface area (Å²) in [5.74, 6) is 1.51. The third-order valence-corrected chi connectivity index (χ3v) is 8.38. The Hall–Kier alpha value is -6.37. The molecule has 0 atom stereocenters. The summed E-state index contributed by atoms with van der Waals surface area (Å²) < 4.78 is 10.6. The van der Waals surface area contributed by atoms with Crippen LogP contribution >= 0.6 is 0 Å². The van der Waals surface area contributed by atoms with Gasteiger partial charge in [-0.15, -0.1) is 0 Å². The van der Waals surface area contributed by atoms with Gasteiger partial charge in [-0.3, -0.25) is 9.13 Å². The number of nitrogens with zero attached hydrogens (tertiary/aromatic N) is 5. The van der Waals surface area contributed by atoms with Gasteiger partial charge in [-0.05, 0) is 72.8 Å². The van der Waals surface area contributed by atoms with Crippen molar-refractivity contribution in [2.75, 3.05) is 0 Å². The fourth-order valence-corrected chi connectivity index (χ4v) is 6.57. The predicted octanol–water partition coefficient (Wildman–Crippen LogP) is 8.92. The molecule has 198 valence electrons. The van der Waals surface area contributed by atoms with Gasteiger partial charge >= 0.3 is 0 Å². The first-order valence-electron chi connectivity index (χ1n) is 13.9. The van der Waals surface area contributed by atoms with Crippen LogP contribution in [0, 0.1) is 22.7 Å². The highest BCUT2D eigenvalue weighted by Gasteiger charge is 2.21. The van der Waals surface area contributed by atoms with E-state index in [0.717, 1.165) is 77.2 Å². The molecule has 6 nitrogen and oxygen atoms in total. The third-order valence-electron chi connectivity index (χ3n) is 8.38. The molecule has 0 aliphatic rings. The Bertz CT molecular complexity index is 2710. The molecule has 0 unspecified atom stereocenters. The van der Waals surface area contributed by atoms with Gasteiger partial charge in [-0.25, -0.2) is 4.98 Å². The van der Waals surface area contributed by atoms with E-state index in [0.29, 0.717) is 11.1 Å². The van der Waals surface area contributed by atoms with Crippen molar-refractivity contribution in [2.45, 2.75) is 0 Å². The smallest absolute Gasteiger partial charge is 0.140 e. The molecular formula is C37H19N5O.